The summed E-state index contributed by atoms with van der Waals surface area (Å²) < 4.78 is 1.45. The molecule has 6 heteroatoms. The van der Waals surface area contributed by atoms with Crippen LogP contribution in [-0.4, -0.2) is 25.7 Å². The fourth-order valence-corrected chi connectivity index (χ4v) is 1.60. The molecule has 0 aromatic carbocycles. The van der Waals surface area contributed by atoms with E-state index >= 15 is 0 Å². The maximum atomic E-state index is 11.1. The molecule has 0 radical (unpaired) electrons. The van der Waals surface area contributed by atoms with E-state index in [2.05, 4.69) is 15.1 Å². The molecule has 6 nitrogen and oxygen atoms in total. The van der Waals surface area contributed by atoms with Crippen LogP contribution in [0.5, 0.6) is 0 Å². The van der Waals surface area contributed by atoms with Crippen molar-refractivity contribution in [2.45, 2.75) is 13.8 Å². The minimum absolute atomic E-state index is 0.357. The van der Waals surface area contributed by atoms with Crippen LogP contribution < -0.4 is 5.73 Å². The Morgan fingerprint density at radius 1 is 1.41 bits per heavy atom. The number of primary amides is 1. The van der Waals surface area contributed by atoms with Crippen molar-refractivity contribution in [3.05, 3.63) is 29.3 Å². The van der Waals surface area contributed by atoms with E-state index in [9.17, 15) is 4.79 Å². The Morgan fingerprint density at radius 3 is 2.71 bits per heavy atom. The van der Waals surface area contributed by atoms with E-state index in [-0.39, 0.29) is 0 Å². The number of hydrogen-bond acceptors (Lipinski definition) is 4. The van der Waals surface area contributed by atoms with Crippen molar-refractivity contribution >= 4 is 5.91 Å². The molecule has 2 aromatic heterocycles. The molecule has 1 amide bonds. The van der Waals surface area contributed by atoms with Crippen LogP contribution in [0.4, 0.5) is 0 Å². The molecule has 2 aromatic rings. The predicted molar refractivity (Wildman–Crippen MR) is 62.2 cm³/mol. The lowest BCUT2D eigenvalue weighted by Crippen LogP contribution is -2.15. The second-order valence-corrected chi connectivity index (χ2v) is 3.85. The van der Waals surface area contributed by atoms with Gasteiger partial charge in [0.05, 0.1) is 5.69 Å². The highest BCUT2D eigenvalue weighted by Gasteiger charge is 2.14. The fourth-order valence-electron chi connectivity index (χ4n) is 1.60. The normalized spacial score (nSPS) is 10.5. The van der Waals surface area contributed by atoms with Crippen molar-refractivity contribution in [2.75, 3.05) is 0 Å². The lowest BCUT2D eigenvalue weighted by molar-refractivity contribution is 0.0991. The predicted octanol–water partition coefficient (Wildman–Crippen LogP) is 0.593. The van der Waals surface area contributed by atoms with Gasteiger partial charge in [-0.2, -0.15) is 5.10 Å². The maximum absolute atomic E-state index is 11.1. The first-order valence-corrected chi connectivity index (χ1v) is 5.13. The highest BCUT2D eigenvalue weighted by Crippen LogP contribution is 2.19. The van der Waals surface area contributed by atoms with Crippen LogP contribution in [-0.2, 0) is 7.05 Å². The summed E-state index contributed by atoms with van der Waals surface area (Å²) in [5.41, 5.74) is 7.86. The van der Waals surface area contributed by atoms with Gasteiger partial charge in [-0.3, -0.25) is 9.48 Å². The third kappa shape index (κ3) is 2.01. The van der Waals surface area contributed by atoms with Gasteiger partial charge in [-0.05, 0) is 25.5 Å². The zero-order valence-electron chi connectivity index (χ0n) is 9.93. The zero-order valence-corrected chi connectivity index (χ0v) is 9.93. The Kier molecular flexibility index (Phi) is 2.63. The molecule has 0 aliphatic carbocycles. The van der Waals surface area contributed by atoms with Gasteiger partial charge in [-0.1, -0.05) is 0 Å². The number of aromatic nitrogens is 4. The van der Waals surface area contributed by atoms with Gasteiger partial charge in [-0.25, -0.2) is 9.97 Å². The first-order chi connectivity index (χ1) is 7.99. The number of nitrogens with zero attached hydrogens (tertiary/aromatic N) is 4. The number of rotatable bonds is 2. The number of carbonyl (C=O) groups excluding carboxylic acids is 1. The summed E-state index contributed by atoms with van der Waals surface area (Å²) in [7, 11) is 1.67. The van der Waals surface area contributed by atoms with Gasteiger partial charge in [0.25, 0.3) is 5.91 Å². The van der Waals surface area contributed by atoms with Crippen LogP contribution in [0.2, 0.25) is 0 Å². The highest BCUT2D eigenvalue weighted by molar-refractivity contribution is 5.92. The lowest BCUT2D eigenvalue weighted by Gasteiger charge is -2.01. The molecular weight excluding hydrogens is 218 g/mol. The SMILES string of the molecule is Cc1ncc(C)c(-c2cc(C(N)=O)n(C)n2)n1. The van der Waals surface area contributed by atoms with Gasteiger partial charge in [-0.15, -0.1) is 0 Å². The van der Waals surface area contributed by atoms with Gasteiger partial charge in [0.15, 0.2) is 0 Å². The summed E-state index contributed by atoms with van der Waals surface area (Å²) in [5, 5.41) is 4.23. The first-order valence-electron chi connectivity index (χ1n) is 5.13. The van der Waals surface area contributed by atoms with E-state index in [1.807, 2.05) is 6.92 Å². The van der Waals surface area contributed by atoms with Crippen molar-refractivity contribution in [3.63, 3.8) is 0 Å². The average Bonchev–Trinajstić information content (AvgIpc) is 2.64. The van der Waals surface area contributed by atoms with Crippen molar-refractivity contribution < 1.29 is 4.79 Å². The molecule has 2 rings (SSSR count). The summed E-state index contributed by atoms with van der Waals surface area (Å²) in [6.45, 7) is 3.70. The summed E-state index contributed by atoms with van der Waals surface area (Å²) >= 11 is 0. The second-order valence-electron chi connectivity index (χ2n) is 3.85. The number of aryl methyl sites for hydroxylation is 3. The minimum atomic E-state index is -0.505. The van der Waals surface area contributed by atoms with Gasteiger partial charge >= 0.3 is 0 Å². The monoisotopic (exact) mass is 231 g/mol. The standard InChI is InChI=1S/C11H13N5O/c1-6-5-13-7(2)14-10(6)8-4-9(11(12)17)16(3)15-8/h4-5H,1-3H3,(H2,12,17). The second kappa shape index (κ2) is 3.97. The molecule has 2 heterocycles. The molecule has 17 heavy (non-hydrogen) atoms. The van der Waals surface area contributed by atoms with Gasteiger partial charge in [0, 0.05) is 13.2 Å². The Hall–Kier alpha value is -2.24. The molecule has 0 atom stereocenters. The molecule has 0 aliphatic heterocycles. The smallest absolute Gasteiger partial charge is 0.266 e. The van der Waals surface area contributed by atoms with E-state index in [1.165, 1.54) is 4.68 Å². The number of hydrogen-bond donors (Lipinski definition) is 1. The third-order valence-corrected chi connectivity index (χ3v) is 2.47. The molecule has 0 unspecified atom stereocenters. The molecule has 0 spiro atoms. The largest absolute Gasteiger partial charge is 0.364 e. The van der Waals surface area contributed by atoms with Crippen LogP contribution in [0.1, 0.15) is 21.9 Å². The van der Waals surface area contributed by atoms with Crippen molar-refractivity contribution in [3.8, 4) is 11.4 Å². The molecule has 0 fully saturated rings. The van der Waals surface area contributed by atoms with Crippen LogP contribution in [0.3, 0.4) is 0 Å². The molecule has 88 valence electrons. The summed E-state index contributed by atoms with van der Waals surface area (Å²) in [5.74, 6) is 0.159. The van der Waals surface area contributed by atoms with Crippen molar-refractivity contribution in [2.24, 2.45) is 12.8 Å². The zero-order chi connectivity index (χ0) is 12.6. The molecule has 0 saturated carbocycles. The molecule has 0 aliphatic rings. The van der Waals surface area contributed by atoms with Crippen molar-refractivity contribution in [1.29, 1.82) is 0 Å². The van der Waals surface area contributed by atoms with E-state index in [4.69, 9.17) is 5.73 Å². The topological polar surface area (TPSA) is 86.7 Å². The van der Waals surface area contributed by atoms with Crippen molar-refractivity contribution in [1.82, 2.24) is 19.7 Å². The third-order valence-electron chi connectivity index (χ3n) is 2.47. The number of nitrogens with two attached hydrogens (primary N) is 1. The number of carbonyl (C=O) groups is 1. The average molecular weight is 231 g/mol. The Bertz CT molecular complexity index is 588. The molecule has 2 N–H and O–H groups in total. The quantitative estimate of drug-likeness (QED) is 0.819. The van der Waals surface area contributed by atoms with Crippen LogP contribution in [0, 0.1) is 13.8 Å². The molecule has 0 saturated heterocycles. The van der Waals surface area contributed by atoms with Gasteiger partial charge in [0.2, 0.25) is 0 Å². The Balaban J connectivity index is 2.57. The Morgan fingerprint density at radius 2 is 2.12 bits per heavy atom. The summed E-state index contributed by atoms with van der Waals surface area (Å²) in [6, 6.07) is 1.64. The summed E-state index contributed by atoms with van der Waals surface area (Å²) in [6.07, 6.45) is 1.73. The first kappa shape index (κ1) is 11.3. The molecular formula is C11H13N5O. The maximum Gasteiger partial charge on any atom is 0.266 e. The van der Waals surface area contributed by atoms with E-state index in [1.54, 1.807) is 26.2 Å². The van der Waals surface area contributed by atoms with E-state index in [0.29, 0.717) is 17.2 Å². The minimum Gasteiger partial charge on any atom is -0.364 e. The van der Waals surface area contributed by atoms with Gasteiger partial charge in [0.1, 0.15) is 17.2 Å². The van der Waals surface area contributed by atoms with E-state index < -0.39 is 5.91 Å². The van der Waals surface area contributed by atoms with Crippen LogP contribution in [0.15, 0.2) is 12.3 Å². The number of amides is 1. The van der Waals surface area contributed by atoms with Gasteiger partial charge < -0.3 is 5.73 Å². The van der Waals surface area contributed by atoms with E-state index in [0.717, 1.165) is 11.3 Å². The lowest BCUT2D eigenvalue weighted by atomic mass is 10.2. The Labute approximate surface area is 98.5 Å². The fraction of sp³-hybridized carbons (Fsp3) is 0.273. The highest BCUT2D eigenvalue weighted by atomic mass is 16.1. The van der Waals surface area contributed by atoms with Crippen LogP contribution >= 0.6 is 0 Å². The summed E-state index contributed by atoms with van der Waals surface area (Å²) in [4.78, 5) is 19.6. The van der Waals surface area contributed by atoms with Crippen LogP contribution in [0.25, 0.3) is 11.4 Å². The molecule has 0 bridgehead atoms.